The molecule has 2 heterocycles. The van der Waals surface area contributed by atoms with Gasteiger partial charge >= 0.3 is 0 Å². The predicted octanol–water partition coefficient (Wildman–Crippen LogP) is 1.58. The van der Waals surface area contributed by atoms with Gasteiger partial charge in [0.15, 0.2) is 0 Å². The lowest BCUT2D eigenvalue weighted by atomic mass is 10.1. The zero-order chi connectivity index (χ0) is 20.8. The standard InChI is InChI=1S/C21H29N5O3/c1-15(2)21-24-23-18(29-21)9-10-19(27)26-12-11-25(17(14-26)20(28)22-3)13-16-7-5-4-6-8-16/h4-8,15,17H,9-14H2,1-3H3,(H,22,28)/t17-/m0/s1. The molecular weight excluding hydrogens is 370 g/mol. The number of carbonyl (C=O) groups excluding carboxylic acids is 2. The number of carbonyl (C=O) groups is 2. The van der Waals surface area contributed by atoms with Gasteiger partial charge in [-0.1, -0.05) is 44.2 Å². The number of nitrogens with zero attached hydrogens (tertiary/aromatic N) is 4. The maximum atomic E-state index is 12.7. The van der Waals surface area contributed by atoms with Crippen molar-refractivity contribution >= 4 is 11.8 Å². The van der Waals surface area contributed by atoms with Crippen molar-refractivity contribution in [2.24, 2.45) is 0 Å². The summed E-state index contributed by atoms with van der Waals surface area (Å²) in [5.41, 5.74) is 1.15. The van der Waals surface area contributed by atoms with Gasteiger partial charge in [-0.2, -0.15) is 0 Å². The Kier molecular flexibility index (Phi) is 6.98. The summed E-state index contributed by atoms with van der Waals surface area (Å²) in [7, 11) is 1.63. The van der Waals surface area contributed by atoms with E-state index in [4.69, 9.17) is 4.42 Å². The Hall–Kier alpha value is -2.74. The number of likely N-dealkylation sites (N-methyl/N-ethyl adjacent to an activating group) is 1. The van der Waals surface area contributed by atoms with Crippen LogP contribution >= 0.6 is 0 Å². The Morgan fingerprint density at radius 3 is 2.62 bits per heavy atom. The number of piperazine rings is 1. The molecule has 0 saturated carbocycles. The second-order valence-corrected chi connectivity index (χ2v) is 7.61. The first-order valence-electron chi connectivity index (χ1n) is 10.1. The Labute approximate surface area is 171 Å². The van der Waals surface area contributed by atoms with Crippen LogP contribution in [-0.4, -0.2) is 64.5 Å². The maximum absolute atomic E-state index is 12.7. The molecule has 3 rings (SSSR count). The normalized spacial score (nSPS) is 17.5. The highest BCUT2D eigenvalue weighted by atomic mass is 16.4. The lowest BCUT2D eigenvalue weighted by Gasteiger charge is -2.40. The van der Waals surface area contributed by atoms with Crippen molar-refractivity contribution in [1.29, 1.82) is 0 Å². The molecule has 8 nitrogen and oxygen atoms in total. The number of amides is 2. The molecule has 156 valence electrons. The maximum Gasteiger partial charge on any atom is 0.238 e. The number of aryl methyl sites for hydroxylation is 1. The molecule has 0 radical (unpaired) electrons. The summed E-state index contributed by atoms with van der Waals surface area (Å²) in [6.45, 7) is 6.27. The van der Waals surface area contributed by atoms with E-state index in [9.17, 15) is 9.59 Å². The second kappa shape index (κ2) is 9.65. The summed E-state index contributed by atoms with van der Waals surface area (Å²) in [5, 5.41) is 10.7. The van der Waals surface area contributed by atoms with Crippen LogP contribution in [-0.2, 0) is 22.6 Å². The van der Waals surface area contributed by atoms with E-state index < -0.39 is 0 Å². The molecule has 0 bridgehead atoms. The van der Waals surface area contributed by atoms with Gasteiger partial charge in [0.2, 0.25) is 23.6 Å². The molecule has 1 atom stereocenters. The molecule has 2 amide bonds. The molecule has 1 saturated heterocycles. The van der Waals surface area contributed by atoms with Crippen molar-refractivity contribution in [1.82, 2.24) is 25.3 Å². The van der Waals surface area contributed by atoms with Crippen molar-refractivity contribution < 1.29 is 14.0 Å². The molecule has 1 N–H and O–H groups in total. The van der Waals surface area contributed by atoms with Gasteiger partial charge < -0.3 is 14.6 Å². The van der Waals surface area contributed by atoms with Crippen LogP contribution in [0.5, 0.6) is 0 Å². The molecule has 8 heteroatoms. The summed E-state index contributed by atoms with van der Waals surface area (Å²) in [6, 6.07) is 9.69. The first kappa shape index (κ1) is 21.0. The fourth-order valence-electron chi connectivity index (χ4n) is 3.44. The van der Waals surface area contributed by atoms with E-state index in [0.29, 0.717) is 50.8 Å². The van der Waals surface area contributed by atoms with Gasteiger partial charge in [0.1, 0.15) is 6.04 Å². The van der Waals surface area contributed by atoms with Gasteiger partial charge in [-0.15, -0.1) is 10.2 Å². The Balaban J connectivity index is 1.59. The third-order valence-corrected chi connectivity index (χ3v) is 5.15. The van der Waals surface area contributed by atoms with E-state index >= 15 is 0 Å². The highest BCUT2D eigenvalue weighted by Gasteiger charge is 2.33. The highest BCUT2D eigenvalue weighted by Crippen LogP contribution is 2.17. The number of hydrogen-bond donors (Lipinski definition) is 1. The third kappa shape index (κ3) is 5.41. The quantitative estimate of drug-likeness (QED) is 0.760. The summed E-state index contributed by atoms with van der Waals surface area (Å²) < 4.78 is 5.58. The largest absolute Gasteiger partial charge is 0.425 e. The van der Waals surface area contributed by atoms with E-state index in [0.717, 1.165) is 5.56 Å². The molecule has 0 aliphatic carbocycles. The monoisotopic (exact) mass is 399 g/mol. The Morgan fingerprint density at radius 1 is 1.21 bits per heavy atom. The summed E-state index contributed by atoms with van der Waals surface area (Å²) in [4.78, 5) is 29.1. The molecule has 2 aromatic rings. The highest BCUT2D eigenvalue weighted by molar-refractivity contribution is 5.83. The fourth-order valence-corrected chi connectivity index (χ4v) is 3.44. The van der Waals surface area contributed by atoms with Crippen LogP contribution < -0.4 is 5.32 Å². The zero-order valence-electron chi connectivity index (χ0n) is 17.3. The minimum Gasteiger partial charge on any atom is -0.425 e. The lowest BCUT2D eigenvalue weighted by molar-refractivity contribution is -0.138. The minimum absolute atomic E-state index is 0.00237. The minimum atomic E-state index is -0.367. The smallest absolute Gasteiger partial charge is 0.238 e. The first-order valence-corrected chi connectivity index (χ1v) is 10.1. The van der Waals surface area contributed by atoms with Crippen molar-refractivity contribution in [2.45, 2.75) is 45.2 Å². The van der Waals surface area contributed by atoms with Crippen molar-refractivity contribution in [3.63, 3.8) is 0 Å². The van der Waals surface area contributed by atoms with Gasteiger partial charge in [-0.3, -0.25) is 14.5 Å². The predicted molar refractivity (Wildman–Crippen MR) is 108 cm³/mol. The van der Waals surface area contributed by atoms with Gasteiger partial charge in [-0.25, -0.2) is 0 Å². The zero-order valence-corrected chi connectivity index (χ0v) is 17.3. The van der Waals surface area contributed by atoms with Crippen molar-refractivity contribution in [3.8, 4) is 0 Å². The van der Waals surface area contributed by atoms with Crippen LogP contribution in [0.25, 0.3) is 0 Å². The lowest BCUT2D eigenvalue weighted by Crippen LogP contribution is -2.59. The van der Waals surface area contributed by atoms with Gasteiger partial charge in [0.05, 0.1) is 0 Å². The number of hydrogen-bond acceptors (Lipinski definition) is 6. The van der Waals surface area contributed by atoms with Crippen LogP contribution in [0.4, 0.5) is 0 Å². The van der Waals surface area contributed by atoms with Gasteiger partial charge in [0, 0.05) is 52.0 Å². The van der Waals surface area contributed by atoms with Crippen LogP contribution in [0, 0.1) is 0 Å². The molecule has 1 aliphatic heterocycles. The summed E-state index contributed by atoms with van der Waals surface area (Å²) >= 11 is 0. The number of benzene rings is 1. The average Bonchev–Trinajstić information content (AvgIpc) is 3.22. The van der Waals surface area contributed by atoms with E-state index in [1.165, 1.54) is 0 Å². The topological polar surface area (TPSA) is 91.6 Å². The molecule has 1 aromatic heterocycles. The third-order valence-electron chi connectivity index (χ3n) is 5.15. The number of rotatable bonds is 7. The second-order valence-electron chi connectivity index (χ2n) is 7.61. The molecule has 1 aliphatic rings. The van der Waals surface area contributed by atoms with Crippen LogP contribution in [0.15, 0.2) is 34.7 Å². The van der Waals surface area contributed by atoms with Crippen LogP contribution in [0.3, 0.4) is 0 Å². The number of aromatic nitrogens is 2. The molecular formula is C21H29N5O3. The molecule has 0 unspecified atom stereocenters. The van der Waals surface area contributed by atoms with Gasteiger partial charge in [0.25, 0.3) is 0 Å². The van der Waals surface area contributed by atoms with Crippen molar-refractivity contribution in [3.05, 3.63) is 47.7 Å². The molecule has 29 heavy (non-hydrogen) atoms. The molecule has 1 aromatic carbocycles. The van der Waals surface area contributed by atoms with Crippen LogP contribution in [0.1, 0.15) is 43.5 Å². The SMILES string of the molecule is CNC(=O)[C@@H]1CN(C(=O)CCc2nnc(C(C)C)o2)CCN1Cc1ccccc1. The molecule has 1 fully saturated rings. The van der Waals surface area contributed by atoms with Crippen molar-refractivity contribution in [2.75, 3.05) is 26.7 Å². The summed E-state index contributed by atoms with van der Waals surface area (Å²) in [6.07, 6.45) is 0.701. The van der Waals surface area contributed by atoms with E-state index in [1.807, 2.05) is 44.2 Å². The fraction of sp³-hybridized carbons (Fsp3) is 0.524. The van der Waals surface area contributed by atoms with E-state index in [2.05, 4.69) is 20.4 Å². The number of nitrogens with one attached hydrogen (secondary N) is 1. The Bertz CT molecular complexity index is 821. The van der Waals surface area contributed by atoms with Crippen LogP contribution in [0.2, 0.25) is 0 Å². The summed E-state index contributed by atoms with van der Waals surface area (Å²) in [5.74, 6) is 1.16. The molecule has 0 spiro atoms. The average molecular weight is 399 g/mol. The van der Waals surface area contributed by atoms with E-state index in [1.54, 1.807) is 11.9 Å². The van der Waals surface area contributed by atoms with E-state index in [-0.39, 0.29) is 23.8 Å². The first-order chi connectivity index (χ1) is 14.0. The Morgan fingerprint density at radius 2 is 1.97 bits per heavy atom. The van der Waals surface area contributed by atoms with Gasteiger partial charge in [-0.05, 0) is 5.56 Å².